The molecule has 10 heavy (non-hydrogen) atoms. The molecule has 0 amide bonds. The highest BCUT2D eigenvalue weighted by Gasteiger charge is 2.28. The van der Waals surface area contributed by atoms with Crippen molar-refractivity contribution in [3.05, 3.63) is 35.4 Å². The second-order valence-electron chi connectivity index (χ2n) is 2.46. The van der Waals surface area contributed by atoms with Crippen LogP contribution in [0.2, 0.25) is 0 Å². The summed E-state index contributed by atoms with van der Waals surface area (Å²) in [7, 11) is 0. The van der Waals surface area contributed by atoms with E-state index in [-0.39, 0.29) is 0 Å². The molecule has 0 aliphatic heterocycles. The van der Waals surface area contributed by atoms with Crippen LogP contribution in [0.4, 0.5) is 0 Å². The molecule has 0 bridgehead atoms. The summed E-state index contributed by atoms with van der Waals surface area (Å²) in [5.74, 6) is 6.53. The van der Waals surface area contributed by atoms with E-state index in [2.05, 4.69) is 36.1 Å². The highest BCUT2D eigenvalue weighted by molar-refractivity contribution is 5.58. The molecule has 1 aromatic carbocycles. The zero-order valence-corrected chi connectivity index (χ0v) is 5.89. The SMILES string of the molecule is CC#CC1c2ccccc21. The van der Waals surface area contributed by atoms with Crippen LogP contribution in [-0.2, 0) is 0 Å². The normalized spacial score (nSPS) is 13.3. The van der Waals surface area contributed by atoms with Gasteiger partial charge in [0.15, 0.2) is 0 Å². The maximum Gasteiger partial charge on any atom is 0.0708 e. The van der Waals surface area contributed by atoms with Gasteiger partial charge in [-0.3, -0.25) is 0 Å². The first-order valence-corrected chi connectivity index (χ1v) is 3.44. The van der Waals surface area contributed by atoms with Gasteiger partial charge in [0.05, 0.1) is 5.92 Å². The smallest absolute Gasteiger partial charge is 0.0708 e. The van der Waals surface area contributed by atoms with Crippen molar-refractivity contribution in [2.75, 3.05) is 0 Å². The highest BCUT2D eigenvalue weighted by atomic mass is 14.3. The molecule has 0 atom stereocenters. The Hall–Kier alpha value is -1.22. The number of rotatable bonds is 0. The Bertz CT molecular complexity index is 289. The lowest BCUT2D eigenvalue weighted by atomic mass is 10.3. The Balaban J connectivity index is 2.35. The van der Waals surface area contributed by atoms with E-state index in [1.807, 2.05) is 6.92 Å². The Morgan fingerprint density at radius 1 is 1.20 bits per heavy atom. The Labute approximate surface area is 60.9 Å². The fourth-order valence-corrected chi connectivity index (χ4v) is 1.26. The molecular formula is C10H8. The molecule has 0 nitrogen and oxygen atoms in total. The van der Waals surface area contributed by atoms with Crippen molar-refractivity contribution in [2.24, 2.45) is 0 Å². The molecule has 0 heterocycles. The van der Waals surface area contributed by atoms with E-state index in [4.69, 9.17) is 0 Å². The number of hydrogen-bond acceptors (Lipinski definition) is 0. The number of hydrogen-bond donors (Lipinski definition) is 0. The van der Waals surface area contributed by atoms with Gasteiger partial charge < -0.3 is 0 Å². The van der Waals surface area contributed by atoms with Crippen molar-refractivity contribution in [3.63, 3.8) is 0 Å². The van der Waals surface area contributed by atoms with Crippen LogP contribution in [0.25, 0.3) is 0 Å². The van der Waals surface area contributed by atoms with Gasteiger partial charge in [-0.1, -0.05) is 30.2 Å². The van der Waals surface area contributed by atoms with E-state index >= 15 is 0 Å². The average Bonchev–Trinajstić information content (AvgIpc) is 2.66. The number of fused-ring (bicyclic) bond motifs is 1. The molecule has 48 valence electrons. The topological polar surface area (TPSA) is 0 Å². The van der Waals surface area contributed by atoms with Crippen LogP contribution < -0.4 is 0 Å². The third-order valence-electron chi connectivity index (χ3n) is 1.82. The van der Waals surface area contributed by atoms with Crippen LogP contribution in [0.1, 0.15) is 24.0 Å². The summed E-state index contributed by atoms with van der Waals surface area (Å²) >= 11 is 0. The van der Waals surface area contributed by atoms with Crippen molar-refractivity contribution in [2.45, 2.75) is 12.8 Å². The Morgan fingerprint density at radius 2 is 1.80 bits per heavy atom. The summed E-state index contributed by atoms with van der Waals surface area (Å²) in [5.41, 5.74) is 2.83. The van der Waals surface area contributed by atoms with Gasteiger partial charge in [0.1, 0.15) is 0 Å². The summed E-state index contributed by atoms with van der Waals surface area (Å²) in [6, 6.07) is 8.42. The lowest BCUT2D eigenvalue weighted by Crippen LogP contribution is -1.60. The monoisotopic (exact) mass is 128 g/mol. The molecule has 0 saturated carbocycles. The lowest BCUT2D eigenvalue weighted by Gasteiger charge is -1.70. The fraction of sp³-hybridized carbons (Fsp3) is 0.200. The second-order valence-corrected chi connectivity index (χ2v) is 2.46. The summed E-state index contributed by atoms with van der Waals surface area (Å²) in [6.07, 6.45) is 0. The molecule has 0 N–H and O–H groups in total. The van der Waals surface area contributed by atoms with Gasteiger partial charge in [0.2, 0.25) is 0 Å². The molecule has 0 heteroatoms. The second kappa shape index (κ2) is 1.88. The largest absolute Gasteiger partial charge is 0.106 e. The van der Waals surface area contributed by atoms with E-state index in [9.17, 15) is 0 Å². The average molecular weight is 128 g/mol. The number of benzene rings is 1. The molecule has 1 aromatic rings. The molecule has 0 saturated heterocycles. The predicted octanol–water partition coefficient (Wildman–Crippen LogP) is 2.16. The minimum Gasteiger partial charge on any atom is -0.106 e. The first-order chi connectivity index (χ1) is 4.93. The van der Waals surface area contributed by atoms with Crippen LogP contribution in [0, 0.1) is 11.8 Å². The predicted molar refractivity (Wildman–Crippen MR) is 41.7 cm³/mol. The van der Waals surface area contributed by atoms with Gasteiger partial charge in [-0.2, -0.15) is 0 Å². The van der Waals surface area contributed by atoms with Gasteiger partial charge >= 0.3 is 0 Å². The molecule has 1 aliphatic carbocycles. The maximum atomic E-state index is 3.13. The molecule has 0 fully saturated rings. The lowest BCUT2D eigenvalue weighted by molar-refractivity contribution is 1.37. The van der Waals surface area contributed by atoms with E-state index in [0.717, 1.165) is 0 Å². The van der Waals surface area contributed by atoms with Crippen LogP contribution in [0.3, 0.4) is 0 Å². The summed E-state index contributed by atoms with van der Waals surface area (Å²) in [5, 5.41) is 0. The van der Waals surface area contributed by atoms with Crippen LogP contribution >= 0.6 is 0 Å². The molecule has 1 aliphatic rings. The van der Waals surface area contributed by atoms with E-state index in [1.54, 1.807) is 0 Å². The summed E-state index contributed by atoms with van der Waals surface area (Å²) in [4.78, 5) is 0. The first-order valence-electron chi connectivity index (χ1n) is 3.44. The van der Waals surface area contributed by atoms with Gasteiger partial charge in [0.25, 0.3) is 0 Å². The highest BCUT2D eigenvalue weighted by Crippen LogP contribution is 2.41. The minimum atomic E-state index is 0.472. The van der Waals surface area contributed by atoms with Gasteiger partial charge in [-0.05, 0) is 18.1 Å². The zero-order valence-electron chi connectivity index (χ0n) is 5.89. The fourth-order valence-electron chi connectivity index (χ4n) is 1.26. The van der Waals surface area contributed by atoms with Crippen molar-refractivity contribution < 1.29 is 0 Å². The molecule has 0 unspecified atom stereocenters. The Kier molecular flexibility index (Phi) is 1.05. The van der Waals surface area contributed by atoms with Crippen molar-refractivity contribution in [1.29, 1.82) is 0 Å². The van der Waals surface area contributed by atoms with Crippen LogP contribution in [0.5, 0.6) is 0 Å². The molecule has 2 rings (SSSR count). The van der Waals surface area contributed by atoms with Crippen LogP contribution in [0.15, 0.2) is 24.3 Å². The van der Waals surface area contributed by atoms with E-state index in [0.29, 0.717) is 5.92 Å². The van der Waals surface area contributed by atoms with E-state index in [1.165, 1.54) is 11.1 Å². The van der Waals surface area contributed by atoms with E-state index < -0.39 is 0 Å². The molecular weight excluding hydrogens is 120 g/mol. The van der Waals surface area contributed by atoms with Crippen LogP contribution in [-0.4, -0.2) is 0 Å². The molecule has 0 radical (unpaired) electrons. The van der Waals surface area contributed by atoms with Crippen molar-refractivity contribution >= 4 is 0 Å². The third kappa shape index (κ3) is 0.642. The first kappa shape index (κ1) is 5.56. The molecule has 0 spiro atoms. The summed E-state index contributed by atoms with van der Waals surface area (Å²) < 4.78 is 0. The maximum absolute atomic E-state index is 3.13. The standard InChI is InChI=1S/C10H8/c1-2-5-8-9-6-3-4-7-10(8)9/h3-4,6-8H,1H3. The summed E-state index contributed by atoms with van der Waals surface area (Å²) in [6.45, 7) is 1.89. The zero-order chi connectivity index (χ0) is 6.97. The van der Waals surface area contributed by atoms with Gasteiger partial charge in [-0.15, -0.1) is 5.92 Å². The van der Waals surface area contributed by atoms with Gasteiger partial charge in [0, 0.05) is 0 Å². The Morgan fingerprint density at radius 3 is 2.30 bits per heavy atom. The van der Waals surface area contributed by atoms with Gasteiger partial charge in [-0.25, -0.2) is 0 Å². The van der Waals surface area contributed by atoms with Crippen molar-refractivity contribution in [1.82, 2.24) is 0 Å². The quantitative estimate of drug-likeness (QED) is 0.470. The minimum absolute atomic E-state index is 0.472. The molecule has 0 aromatic heterocycles. The third-order valence-corrected chi connectivity index (χ3v) is 1.82. The van der Waals surface area contributed by atoms with Crippen molar-refractivity contribution in [3.8, 4) is 11.8 Å².